The molecule has 0 unspecified atom stereocenters. The fourth-order valence-corrected chi connectivity index (χ4v) is 2.84. The van der Waals surface area contributed by atoms with E-state index in [0.717, 1.165) is 31.4 Å². The summed E-state index contributed by atoms with van der Waals surface area (Å²) in [6, 6.07) is 9.92. The van der Waals surface area contributed by atoms with Crippen LogP contribution in [-0.2, 0) is 9.47 Å². The molecule has 3 rings (SSSR count). The highest BCUT2D eigenvalue weighted by Crippen LogP contribution is 2.29. The van der Waals surface area contributed by atoms with Crippen LogP contribution in [0.2, 0.25) is 4.47 Å². The third-order valence-corrected chi connectivity index (χ3v) is 3.99. The molecule has 6 heteroatoms. The second-order valence-electron chi connectivity index (χ2n) is 4.63. The predicted molar refractivity (Wildman–Crippen MR) is 77.9 cm³/mol. The number of benzene rings is 1. The number of rotatable bonds is 4. The summed E-state index contributed by atoms with van der Waals surface area (Å²) in [6.07, 6.45) is 2.59. The Labute approximate surface area is 126 Å². The molecule has 1 saturated heterocycles. The first-order valence-corrected chi connectivity index (χ1v) is 7.79. The molecule has 2 heterocycles. The third-order valence-electron chi connectivity index (χ3n) is 3.18. The molecule has 2 atom stereocenters. The van der Waals surface area contributed by atoms with E-state index in [2.05, 4.69) is 9.36 Å². The predicted octanol–water partition coefficient (Wildman–Crippen LogP) is 3.82. The average Bonchev–Trinajstić information content (AvgIpc) is 2.93. The van der Waals surface area contributed by atoms with Gasteiger partial charge in [-0.1, -0.05) is 30.3 Å². The Kier molecular flexibility index (Phi) is 4.62. The molecule has 2 aromatic rings. The maximum absolute atomic E-state index is 6.08. The van der Waals surface area contributed by atoms with Crippen molar-refractivity contribution in [2.24, 2.45) is 0 Å². The zero-order valence-corrected chi connectivity index (χ0v) is 12.4. The molecule has 1 aliphatic heterocycles. The van der Waals surface area contributed by atoms with Crippen LogP contribution in [0.1, 0.15) is 36.8 Å². The van der Waals surface area contributed by atoms with Gasteiger partial charge in [0.05, 0.1) is 0 Å². The molecule has 20 heavy (non-hydrogen) atoms. The van der Waals surface area contributed by atoms with Gasteiger partial charge in [-0.25, -0.2) is 4.98 Å². The number of halogens is 1. The summed E-state index contributed by atoms with van der Waals surface area (Å²) in [5.74, 6) is 0.598. The van der Waals surface area contributed by atoms with Gasteiger partial charge in [-0.05, 0) is 48.0 Å². The van der Waals surface area contributed by atoms with Crippen LogP contribution in [0, 0.1) is 0 Å². The summed E-state index contributed by atoms with van der Waals surface area (Å²) in [4.78, 5) is 4.25. The first-order valence-electron chi connectivity index (χ1n) is 6.64. The van der Waals surface area contributed by atoms with Crippen LogP contribution < -0.4 is 0 Å². The highest BCUT2D eigenvalue weighted by atomic mass is 35.5. The van der Waals surface area contributed by atoms with Crippen LogP contribution in [0.3, 0.4) is 0 Å². The molecular formula is C14H15ClN2O2S. The first kappa shape index (κ1) is 13.9. The lowest BCUT2D eigenvalue weighted by Gasteiger charge is -2.26. The van der Waals surface area contributed by atoms with E-state index < -0.39 is 0 Å². The second-order valence-corrected chi connectivity index (χ2v) is 5.96. The number of hydrogen-bond donors (Lipinski definition) is 0. The molecule has 1 aromatic heterocycles. The smallest absolute Gasteiger partial charge is 0.203 e. The Balaban J connectivity index is 1.83. The molecule has 0 spiro atoms. The van der Waals surface area contributed by atoms with Crippen molar-refractivity contribution in [3.63, 3.8) is 0 Å². The lowest BCUT2D eigenvalue weighted by molar-refractivity contribution is -0.182. The van der Waals surface area contributed by atoms with Crippen molar-refractivity contribution in [1.82, 2.24) is 9.36 Å². The van der Waals surface area contributed by atoms with E-state index in [0.29, 0.717) is 10.3 Å². The van der Waals surface area contributed by atoms with Crippen LogP contribution in [-0.4, -0.2) is 22.3 Å². The summed E-state index contributed by atoms with van der Waals surface area (Å²) < 4.78 is 16.4. The van der Waals surface area contributed by atoms with E-state index in [-0.39, 0.29) is 12.4 Å². The van der Waals surface area contributed by atoms with Crippen molar-refractivity contribution in [3.05, 3.63) is 46.2 Å². The normalized spacial score (nSPS) is 20.8. The van der Waals surface area contributed by atoms with Crippen LogP contribution >= 0.6 is 23.1 Å². The Morgan fingerprint density at radius 1 is 1.30 bits per heavy atom. The minimum atomic E-state index is -0.331. The molecule has 106 valence electrons. The van der Waals surface area contributed by atoms with Gasteiger partial charge in [0.1, 0.15) is 6.10 Å². The summed E-state index contributed by atoms with van der Waals surface area (Å²) >= 11 is 7.07. The molecule has 0 N–H and O–H groups in total. The Hall–Kier alpha value is -1.01. The molecule has 0 bridgehead atoms. The average molecular weight is 311 g/mol. The maximum atomic E-state index is 6.08. The van der Waals surface area contributed by atoms with Crippen molar-refractivity contribution >= 4 is 23.1 Å². The number of nitrogens with zero attached hydrogens (tertiary/aromatic N) is 2. The van der Waals surface area contributed by atoms with Gasteiger partial charge in [0, 0.05) is 6.61 Å². The van der Waals surface area contributed by atoms with Crippen molar-refractivity contribution in [1.29, 1.82) is 0 Å². The van der Waals surface area contributed by atoms with E-state index in [1.165, 1.54) is 11.5 Å². The lowest BCUT2D eigenvalue weighted by atomic mass is 10.1. The maximum Gasteiger partial charge on any atom is 0.203 e. The standard InChI is InChI=1S/C14H15ClN2O2S/c15-14-16-13(17-20-14)12(10-6-2-1-3-7-10)19-11-8-4-5-9-18-11/h1-3,6-7,11-12H,4-5,8-9H2/t11-,12-/m1/s1. The number of aromatic nitrogens is 2. The van der Waals surface area contributed by atoms with E-state index >= 15 is 0 Å². The summed E-state index contributed by atoms with van der Waals surface area (Å²) in [6.45, 7) is 0.747. The molecule has 1 aliphatic rings. The van der Waals surface area contributed by atoms with Gasteiger partial charge in [-0.2, -0.15) is 4.37 Å². The van der Waals surface area contributed by atoms with E-state index in [1.54, 1.807) is 0 Å². The van der Waals surface area contributed by atoms with Crippen molar-refractivity contribution in [2.45, 2.75) is 31.7 Å². The topological polar surface area (TPSA) is 44.2 Å². The Morgan fingerprint density at radius 3 is 2.80 bits per heavy atom. The van der Waals surface area contributed by atoms with Crippen LogP contribution in [0.15, 0.2) is 30.3 Å². The van der Waals surface area contributed by atoms with Gasteiger partial charge in [0.25, 0.3) is 0 Å². The minimum Gasteiger partial charge on any atom is -0.353 e. The first-order chi connectivity index (χ1) is 9.83. The SMILES string of the molecule is Clc1nc([C@H](O[C@@H]2CCCCO2)c2ccccc2)ns1. The quantitative estimate of drug-likeness (QED) is 0.861. The number of ether oxygens (including phenoxy) is 2. The van der Waals surface area contributed by atoms with E-state index in [9.17, 15) is 0 Å². The largest absolute Gasteiger partial charge is 0.353 e. The Bertz CT molecular complexity index is 543. The molecule has 0 radical (unpaired) electrons. The zero-order chi connectivity index (χ0) is 13.8. The minimum absolute atomic E-state index is 0.198. The van der Waals surface area contributed by atoms with Gasteiger partial charge in [-0.15, -0.1) is 0 Å². The highest BCUT2D eigenvalue weighted by molar-refractivity contribution is 7.10. The molecule has 0 amide bonds. The van der Waals surface area contributed by atoms with Crippen molar-refractivity contribution in [2.75, 3.05) is 6.61 Å². The molecular weight excluding hydrogens is 296 g/mol. The van der Waals surface area contributed by atoms with E-state index in [1.807, 2.05) is 30.3 Å². The molecule has 0 aliphatic carbocycles. The monoisotopic (exact) mass is 310 g/mol. The second kappa shape index (κ2) is 6.63. The van der Waals surface area contributed by atoms with Crippen LogP contribution in [0.5, 0.6) is 0 Å². The molecule has 1 aromatic carbocycles. The third kappa shape index (κ3) is 3.35. The summed E-state index contributed by atoms with van der Waals surface area (Å²) in [5.41, 5.74) is 1.01. The fourth-order valence-electron chi connectivity index (χ4n) is 2.21. The molecule has 4 nitrogen and oxygen atoms in total. The zero-order valence-electron chi connectivity index (χ0n) is 10.9. The summed E-state index contributed by atoms with van der Waals surface area (Å²) in [5, 5.41) is 0. The van der Waals surface area contributed by atoms with Gasteiger partial charge in [0.2, 0.25) is 4.47 Å². The van der Waals surface area contributed by atoms with Gasteiger partial charge in [-0.3, -0.25) is 0 Å². The van der Waals surface area contributed by atoms with Crippen molar-refractivity contribution < 1.29 is 9.47 Å². The van der Waals surface area contributed by atoms with Gasteiger partial charge in [0.15, 0.2) is 12.1 Å². The lowest BCUT2D eigenvalue weighted by Crippen LogP contribution is -2.25. The van der Waals surface area contributed by atoms with Gasteiger partial charge < -0.3 is 9.47 Å². The van der Waals surface area contributed by atoms with Crippen LogP contribution in [0.25, 0.3) is 0 Å². The van der Waals surface area contributed by atoms with Gasteiger partial charge >= 0.3 is 0 Å². The van der Waals surface area contributed by atoms with E-state index in [4.69, 9.17) is 21.1 Å². The summed E-state index contributed by atoms with van der Waals surface area (Å²) in [7, 11) is 0. The van der Waals surface area contributed by atoms with Crippen molar-refractivity contribution in [3.8, 4) is 0 Å². The van der Waals surface area contributed by atoms with Crippen LogP contribution in [0.4, 0.5) is 0 Å². The molecule has 1 fully saturated rings. The molecule has 0 saturated carbocycles. The highest BCUT2D eigenvalue weighted by Gasteiger charge is 2.25. The Morgan fingerprint density at radius 2 is 2.15 bits per heavy atom. The fraction of sp³-hybridized carbons (Fsp3) is 0.429. The number of hydrogen-bond acceptors (Lipinski definition) is 5.